The second-order valence-corrected chi connectivity index (χ2v) is 5.65. The third-order valence-corrected chi connectivity index (χ3v) is 3.70. The van der Waals surface area contributed by atoms with E-state index in [9.17, 15) is 18.8 Å². The molecule has 26 heavy (non-hydrogen) atoms. The number of amides is 1. The van der Waals surface area contributed by atoms with Gasteiger partial charge in [0.15, 0.2) is 24.0 Å². The van der Waals surface area contributed by atoms with Crippen LogP contribution in [0.1, 0.15) is 33.3 Å². The number of rotatable bonds is 7. The molecule has 1 aromatic heterocycles. The van der Waals surface area contributed by atoms with Crippen molar-refractivity contribution in [2.75, 3.05) is 20.8 Å². The van der Waals surface area contributed by atoms with E-state index < -0.39 is 24.3 Å². The predicted molar refractivity (Wildman–Crippen MR) is 90.5 cm³/mol. The highest BCUT2D eigenvalue weighted by molar-refractivity contribution is 5.97. The second-order valence-electron chi connectivity index (χ2n) is 5.65. The van der Waals surface area contributed by atoms with Gasteiger partial charge in [0.25, 0.3) is 5.91 Å². The zero-order valence-corrected chi connectivity index (χ0v) is 14.7. The van der Waals surface area contributed by atoms with Crippen LogP contribution in [0.3, 0.4) is 0 Å². The van der Waals surface area contributed by atoms with Crippen LogP contribution in [0.4, 0.5) is 4.39 Å². The van der Waals surface area contributed by atoms with Crippen LogP contribution >= 0.6 is 0 Å². The van der Waals surface area contributed by atoms with Crippen molar-refractivity contribution in [2.45, 2.75) is 13.5 Å². The lowest BCUT2D eigenvalue weighted by molar-refractivity contribution is -0.133. The van der Waals surface area contributed by atoms with Crippen molar-refractivity contribution in [1.82, 2.24) is 9.88 Å². The number of halogens is 1. The zero-order chi connectivity index (χ0) is 19.3. The summed E-state index contributed by atoms with van der Waals surface area (Å²) in [5, 5.41) is 0. The summed E-state index contributed by atoms with van der Waals surface area (Å²) >= 11 is 0. The van der Waals surface area contributed by atoms with E-state index in [2.05, 4.69) is 4.98 Å². The SMILES string of the molecule is COc1ccc(CN(C)C(=O)COC(=O)c2cc(C(C)=O)c[nH]2)cc1F. The number of nitrogens with one attached hydrogen (secondary N) is 1. The summed E-state index contributed by atoms with van der Waals surface area (Å²) in [5.41, 5.74) is 1.01. The monoisotopic (exact) mass is 362 g/mol. The summed E-state index contributed by atoms with van der Waals surface area (Å²) in [6, 6.07) is 5.75. The molecule has 2 aromatic rings. The molecule has 0 spiro atoms. The normalized spacial score (nSPS) is 10.3. The van der Waals surface area contributed by atoms with Gasteiger partial charge < -0.3 is 19.4 Å². The Balaban J connectivity index is 1.89. The molecule has 1 aromatic carbocycles. The Labute approximate surface area is 149 Å². The van der Waals surface area contributed by atoms with Gasteiger partial charge in [-0.25, -0.2) is 9.18 Å². The van der Waals surface area contributed by atoms with Crippen molar-refractivity contribution in [1.29, 1.82) is 0 Å². The molecule has 8 heteroatoms. The van der Waals surface area contributed by atoms with Crippen LogP contribution in [-0.2, 0) is 16.1 Å². The average Bonchev–Trinajstić information content (AvgIpc) is 3.10. The number of nitrogens with zero attached hydrogens (tertiary/aromatic N) is 1. The minimum absolute atomic E-state index is 0.0860. The third kappa shape index (κ3) is 4.69. The summed E-state index contributed by atoms with van der Waals surface area (Å²) in [4.78, 5) is 39.1. The molecule has 0 fully saturated rings. The molecule has 1 heterocycles. The van der Waals surface area contributed by atoms with Crippen molar-refractivity contribution >= 4 is 17.7 Å². The van der Waals surface area contributed by atoms with E-state index >= 15 is 0 Å². The highest BCUT2D eigenvalue weighted by atomic mass is 19.1. The first kappa shape index (κ1) is 19.2. The van der Waals surface area contributed by atoms with Crippen LogP contribution in [0.25, 0.3) is 0 Å². The number of aromatic nitrogens is 1. The van der Waals surface area contributed by atoms with Gasteiger partial charge >= 0.3 is 5.97 Å². The smallest absolute Gasteiger partial charge is 0.355 e. The van der Waals surface area contributed by atoms with Gasteiger partial charge in [-0.15, -0.1) is 0 Å². The minimum Gasteiger partial charge on any atom is -0.494 e. The van der Waals surface area contributed by atoms with Crippen molar-refractivity contribution < 1.29 is 28.2 Å². The summed E-state index contributed by atoms with van der Waals surface area (Å²) in [7, 11) is 2.88. The van der Waals surface area contributed by atoms with E-state index in [1.54, 1.807) is 6.07 Å². The van der Waals surface area contributed by atoms with E-state index in [0.717, 1.165) is 0 Å². The van der Waals surface area contributed by atoms with Crippen LogP contribution < -0.4 is 4.74 Å². The number of aromatic amines is 1. The number of ketones is 1. The maximum Gasteiger partial charge on any atom is 0.355 e. The Bertz CT molecular complexity index is 831. The third-order valence-electron chi connectivity index (χ3n) is 3.70. The topological polar surface area (TPSA) is 88.7 Å². The fourth-order valence-corrected chi connectivity index (χ4v) is 2.20. The summed E-state index contributed by atoms with van der Waals surface area (Å²) < 4.78 is 23.5. The van der Waals surface area contributed by atoms with Gasteiger partial charge in [0, 0.05) is 25.4 Å². The first-order valence-corrected chi connectivity index (χ1v) is 7.74. The first-order valence-electron chi connectivity index (χ1n) is 7.74. The first-order chi connectivity index (χ1) is 12.3. The maximum absolute atomic E-state index is 13.7. The molecular weight excluding hydrogens is 343 g/mol. The number of Topliss-reactive ketones (excluding diaryl/α,β-unsaturated/α-hetero) is 1. The molecule has 0 radical (unpaired) electrons. The van der Waals surface area contributed by atoms with Gasteiger partial charge in [-0.1, -0.05) is 6.07 Å². The van der Waals surface area contributed by atoms with Crippen molar-refractivity contribution in [3.63, 3.8) is 0 Å². The van der Waals surface area contributed by atoms with Crippen molar-refractivity contribution in [2.24, 2.45) is 0 Å². The highest BCUT2D eigenvalue weighted by Gasteiger charge is 2.16. The number of H-pyrrole nitrogens is 1. The van der Waals surface area contributed by atoms with E-state index in [1.807, 2.05) is 0 Å². The fraction of sp³-hybridized carbons (Fsp3) is 0.278. The van der Waals surface area contributed by atoms with E-state index in [-0.39, 0.29) is 23.8 Å². The number of hydrogen-bond donors (Lipinski definition) is 1. The number of carbonyl (C=O) groups is 3. The lowest BCUT2D eigenvalue weighted by Gasteiger charge is -2.17. The van der Waals surface area contributed by atoms with Crippen molar-refractivity contribution in [3.05, 3.63) is 53.1 Å². The fourth-order valence-electron chi connectivity index (χ4n) is 2.20. The molecule has 2 rings (SSSR count). The highest BCUT2D eigenvalue weighted by Crippen LogP contribution is 2.18. The standard InChI is InChI=1S/C18H19FN2O5/c1-11(22)13-7-15(20-8-13)18(24)26-10-17(23)21(2)9-12-4-5-16(25-3)14(19)6-12/h4-8,20H,9-10H2,1-3H3. The molecule has 138 valence electrons. The number of methoxy groups -OCH3 is 1. The molecule has 0 unspecified atom stereocenters. The predicted octanol–water partition coefficient (Wildman–Crippen LogP) is 2.18. The Morgan fingerprint density at radius 3 is 2.54 bits per heavy atom. The Hall–Kier alpha value is -3.16. The molecular formula is C18H19FN2O5. The lowest BCUT2D eigenvalue weighted by Crippen LogP contribution is -2.30. The molecule has 0 aliphatic heterocycles. The van der Waals surface area contributed by atoms with Gasteiger partial charge in [0.1, 0.15) is 5.69 Å². The van der Waals surface area contributed by atoms with E-state index in [4.69, 9.17) is 9.47 Å². The zero-order valence-electron chi connectivity index (χ0n) is 14.7. The number of ether oxygens (including phenoxy) is 2. The maximum atomic E-state index is 13.7. The number of likely N-dealkylation sites (N-methyl/N-ethyl adjacent to an activating group) is 1. The Morgan fingerprint density at radius 2 is 1.96 bits per heavy atom. The van der Waals surface area contributed by atoms with Gasteiger partial charge in [-0.3, -0.25) is 9.59 Å². The Morgan fingerprint density at radius 1 is 1.23 bits per heavy atom. The van der Waals surface area contributed by atoms with Gasteiger partial charge in [0.05, 0.1) is 7.11 Å². The van der Waals surface area contributed by atoms with E-state index in [1.165, 1.54) is 50.4 Å². The lowest BCUT2D eigenvalue weighted by atomic mass is 10.2. The van der Waals surface area contributed by atoms with Crippen molar-refractivity contribution in [3.8, 4) is 5.75 Å². The molecule has 0 atom stereocenters. The van der Waals surface area contributed by atoms with Crippen LogP contribution in [0.15, 0.2) is 30.5 Å². The summed E-state index contributed by atoms with van der Waals surface area (Å²) in [6.45, 7) is 1.05. The number of esters is 1. The Kier molecular flexibility index (Phi) is 6.11. The van der Waals surface area contributed by atoms with Crippen LogP contribution in [0, 0.1) is 5.82 Å². The molecule has 0 aliphatic carbocycles. The molecule has 1 amide bonds. The molecule has 0 saturated heterocycles. The number of carbonyl (C=O) groups excluding carboxylic acids is 3. The van der Waals surface area contributed by atoms with E-state index in [0.29, 0.717) is 11.1 Å². The molecule has 1 N–H and O–H groups in total. The van der Waals surface area contributed by atoms with Gasteiger partial charge in [0.2, 0.25) is 0 Å². The quantitative estimate of drug-likeness (QED) is 0.602. The molecule has 0 saturated carbocycles. The largest absolute Gasteiger partial charge is 0.494 e. The van der Waals surface area contributed by atoms with Crippen LogP contribution in [0.2, 0.25) is 0 Å². The minimum atomic E-state index is -0.741. The summed E-state index contributed by atoms with van der Waals surface area (Å²) in [6.07, 6.45) is 1.39. The molecule has 7 nitrogen and oxygen atoms in total. The average molecular weight is 362 g/mol. The second kappa shape index (κ2) is 8.28. The van der Waals surface area contributed by atoms with Crippen LogP contribution in [0.5, 0.6) is 5.75 Å². The van der Waals surface area contributed by atoms with Gasteiger partial charge in [-0.05, 0) is 30.7 Å². The number of benzene rings is 1. The van der Waals surface area contributed by atoms with Crippen LogP contribution in [-0.4, -0.2) is 48.3 Å². The summed E-state index contributed by atoms with van der Waals surface area (Å²) in [5.74, 6) is -1.79. The molecule has 0 bridgehead atoms. The number of hydrogen-bond acceptors (Lipinski definition) is 5. The van der Waals surface area contributed by atoms with Gasteiger partial charge in [-0.2, -0.15) is 0 Å². The molecule has 0 aliphatic rings.